The van der Waals surface area contributed by atoms with E-state index in [0.717, 1.165) is 6.07 Å². The normalized spacial score (nSPS) is 15.9. The van der Waals surface area contributed by atoms with Gasteiger partial charge in [-0.2, -0.15) is 8.78 Å². The maximum atomic E-state index is 13.0. The summed E-state index contributed by atoms with van der Waals surface area (Å²) in [5, 5.41) is 8.48. The molecule has 0 amide bonds. The van der Waals surface area contributed by atoms with Gasteiger partial charge in [0.05, 0.1) is 5.56 Å². The minimum absolute atomic E-state index is 0.482. The third-order valence-corrected chi connectivity index (χ3v) is 2.09. The lowest BCUT2D eigenvalue weighted by Gasteiger charge is -2.14. The highest BCUT2D eigenvalue weighted by atomic mass is 19.3. The van der Waals surface area contributed by atoms with E-state index < -0.39 is 24.5 Å². The second-order valence-electron chi connectivity index (χ2n) is 3.22. The van der Waals surface area contributed by atoms with E-state index in [9.17, 15) is 8.78 Å². The average Bonchev–Trinajstić information content (AvgIpc) is 2.83. The second-order valence-corrected chi connectivity index (χ2v) is 3.22. The van der Waals surface area contributed by atoms with Gasteiger partial charge in [-0.15, -0.1) is 0 Å². The zero-order valence-corrected chi connectivity index (χ0v) is 8.14. The fourth-order valence-electron chi connectivity index (χ4n) is 1.24. The van der Waals surface area contributed by atoms with Crippen LogP contribution in [0.1, 0.15) is 17.5 Å². The van der Waals surface area contributed by atoms with Gasteiger partial charge in [0.15, 0.2) is 0 Å². The molecule has 0 saturated heterocycles. The highest BCUT2D eigenvalue weighted by Crippen LogP contribution is 2.28. The van der Waals surface area contributed by atoms with Crippen LogP contribution in [0.4, 0.5) is 8.78 Å². The van der Waals surface area contributed by atoms with Crippen LogP contribution in [-0.2, 0) is 15.4 Å². The highest BCUT2D eigenvalue weighted by Gasteiger charge is 2.32. The molecule has 0 atom stereocenters. The van der Waals surface area contributed by atoms with Crippen LogP contribution < -0.4 is 0 Å². The molecule has 0 aromatic carbocycles. The van der Waals surface area contributed by atoms with Crippen molar-refractivity contribution in [2.24, 2.45) is 0 Å². The predicted octanol–water partition coefficient (Wildman–Crippen LogP) is 1.68. The Bertz CT molecular complexity index is 384. The molecule has 0 radical (unpaired) electrons. The summed E-state index contributed by atoms with van der Waals surface area (Å²) in [4.78, 5) is 3.57. The largest absolute Gasteiger partial charge is 0.455 e. The molecule has 1 aromatic heterocycles. The smallest absolute Gasteiger partial charge is 0.312 e. The van der Waals surface area contributed by atoms with Crippen LogP contribution in [0.3, 0.4) is 0 Å². The Hall–Kier alpha value is -1.69. The Balaban J connectivity index is 2.16. The summed E-state index contributed by atoms with van der Waals surface area (Å²) >= 11 is 0. The number of aliphatic hydroxyl groups excluding tert-OH is 1. The van der Waals surface area contributed by atoms with Crippen LogP contribution in [0.15, 0.2) is 30.9 Å². The van der Waals surface area contributed by atoms with Gasteiger partial charge in [0.1, 0.15) is 24.8 Å². The van der Waals surface area contributed by atoms with Gasteiger partial charge in [-0.3, -0.25) is 4.98 Å². The Labute approximate surface area is 90.1 Å². The highest BCUT2D eigenvalue weighted by molar-refractivity contribution is 5.19. The molecule has 0 unspecified atom stereocenters. The predicted molar refractivity (Wildman–Crippen MR) is 49.3 cm³/mol. The molecule has 1 aromatic rings. The number of halogens is 2. The number of aliphatic hydroxyl groups is 1. The molecule has 1 N–H and O–H groups in total. The number of rotatable bonds is 3. The summed E-state index contributed by atoms with van der Waals surface area (Å²) in [5.74, 6) is -3.33. The Morgan fingerprint density at radius 1 is 1.31 bits per heavy atom. The van der Waals surface area contributed by atoms with Crippen LogP contribution in [0.2, 0.25) is 0 Å². The van der Waals surface area contributed by atoms with Gasteiger partial charge in [0, 0.05) is 6.20 Å². The first-order chi connectivity index (χ1) is 7.63. The van der Waals surface area contributed by atoms with Crippen molar-refractivity contribution in [1.29, 1.82) is 0 Å². The molecule has 2 heterocycles. The van der Waals surface area contributed by atoms with Crippen molar-refractivity contribution in [3.63, 3.8) is 0 Å². The Morgan fingerprint density at radius 3 is 2.50 bits per heavy atom. The number of nitrogens with zero attached hydrogens (tertiary/aromatic N) is 1. The maximum Gasteiger partial charge on any atom is 0.312 e. The van der Waals surface area contributed by atoms with Crippen molar-refractivity contribution in [1.82, 2.24) is 4.98 Å². The zero-order valence-electron chi connectivity index (χ0n) is 8.14. The lowest BCUT2D eigenvalue weighted by atomic mass is 10.2. The average molecular weight is 229 g/mol. The van der Waals surface area contributed by atoms with Gasteiger partial charge in [-0.25, -0.2) is 0 Å². The number of ether oxygens (including phenoxy) is 2. The van der Waals surface area contributed by atoms with Crippen molar-refractivity contribution >= 4 is 0 Å². The molecule has 0 saturated carbocycles. The summed E-state index contributed by atoms with van der Waals surface area (Å²) in [5.41, 5.74) is 0.0483. The number of aromatic nitrogens is 1. The number of hydrogen-bond donors (Lipinski definition) is 1. The first-order valence-electron chi connectivity index (χ1n) is 4.54. The molecule has 6 heteroatoms. The molecular formula is C10H9F2NO3. The monoisotopic (exact) mass is 229 g/mol. The third kappa shape index (κ3) is 1.96. The quantitative estimate of drug-likeness (QED) is 0.856. The number of pyridine rings is 1. The first kappa shape index (κ1) is 10.8. The van der Waals surface area contributed by atoms with Gasteiger partial charge in [-0.05, 0) is 12.1 Å². The van der Waals surface area contributed by atoms with E-state index in [0.29, 0.717) is 5.56 Å². The topological polar surface area (TPSA) is 51.6 Å². The van der Waals surface area contributed by atoms with Crippen molar-refractivity contribution in [3.8, 4) is 0 Å². The van der Waals surface area contributed by atoms with E-state index in [1.165, 1.54) is 24.8 Å². The summed E-state index contributed by atoms with van der Waals surface area (Å²) < 4.78 is 36.0. The molecule has 1 aliphatic heterocycles. The molecule has 1 aliphatic rings. The number of alkyl halides is 2. The van der Waals surface area contributed by atoms with Crippen molar-refractivity contribution in [2.45, 2.75) is 12.2 Å². The van der Waals surface area contributed by atoms with E-state index in [1.54, 1.807) is 0 Å². The van der Waals surface area contributed by atoms with Gasteiger partial charge in [0.2, 0.25) is 0 Å². The molecule has 4 nitrogen and oxygen atoms in total. The van der Waals surface area contributed by atoms with Crippen LogP contribution in [0.5, 0.6) is 0 Å². The minimum Gasteiger partial charge on any atom is -0.455 e. The Kier molecular flexibility index (Phi) is 2.74. The van der Waals surface area contributed by atoms with Crippen LogP contribution in [-0.4, -0.2) is 16.7 Å². The summed E-state index contributed by atoms with van der Waals surface area (Å²) in [7, 11) is 0. The summed E-state index contributed by atoms with van der Waals surface area (Å²) in [6, 6.07) is 2.56. The lowest BCUT2D eigenvalue weighted by Crippen LogP contribution is -2.20. The molecule has 16 heavy (non-hydrogen) atoms. The van der Waals surface area contributed by atoms with Gasteiger partial charge >= 0.3 is 5.92 Å². The second kappa shape index (κ2) is 4.05. The van der Waals surface area contributed by atoms with Crippen molar-refractivity contribution in [3.05, 3.63) is 42.1 Å². The van der Waals surface area contributed by atoms with Gasteiger partial charge in [0.25, 0.3) is 6.29 Å². The van der Waals surface area contributed by atoms with E-state index >= 15 is 0 Å². The van der Waals surface area contributed by atoms with Crippen molar-refractivity contribution < 1.29 is 23.4 Å². The fraction of sp³-hybridized carbons (Fsp3) is 0.300. The molecule has 0 spiro atoms. The molecule has 0 aliphatic carbocycles. The lowest BCUT2D eigenvalue weighted by molar-refractivity contribution is -0.0596. The molecule has 0 bridgehead atoms. The summed E-state index contributed by atoms with van der Waals surface area (Å²) in [6.45, 7) is -1.27. The zero-order chi connectivity index (χ0) is 11.6. The fourth-order valence-corrected chi connectivity index (χ4v) is 1.24. The van der Waals surface area contributed by atoms with Crippen molar-refractivity contribution in [2.75, 3.05) is 6.61 Å². The van der Waals surface area contributed by atoms with Gasteiger partial charge < -0.3 is 14.6 Å². The Morgan fingerprint density at radius 2 is 2.00 bits per heavy atom. The van der Waals surface area contributed by atoms with Crippen LogP contribution in [0.25, 0.3) is 0 Å². The van der Waals surface area contributed by atoms with E-state index in [2.05, 4.69) is 4.98 Å². The minimum atomic E-state index is -3.33. The standard InChI is InChI=1S/C10H9F2NO3/c11-10(12,6-14)8-2-1-7(5-13-8)9-15-3-4-16-9/h1-5,9,14H,6H2. The number of hydrogen-bond acceptors (Lipinski definition) is 4. The summed E-state index contributed by atoms with van der Waals surface area (Å²) in [6.07, 6.45) is 3.32. The third-order valence-electron chi connectivity index (χ3n) is 2.09. The van der Waals surface area contributed by atoms with E-state index in [-0.39, 0.29) is 0 Å². The molecule has 86 valence electrons. The SMILES string of the molecule is OCC(F)(F)c1ccc(C2OC=CO2)cn1. The molecule has 0 fully saturated rings. The molecule has 2 rings (SSSR count). The molecular weight excluding hydrogens is 220 g/mol. The van der Waals surface area contributed by atoms with Crippen LogP contribution in [0, 0.1) is 0 Å². The van der Waals surface area contributed by atoms with Gasteiger partial charge in [-0.1, -0.05) is 0 Å². The van der Waals surface area contributed by atoms with E-state index in [1.807, 2.05) is 0 Å². The van der Waals surface area contributed by atoms with E-state index in [4.69, 9.17) is 14.6 Å². The van der Waals surface area contributed by atoms with Crippen LogP contribution >= 0.6 is 0 Å². The maximum absolute atomic E-state index is 13.0. The first-order valence-corrected chi connectivity index (χ1v) is 4.54.